The van der Waals surface area contributed by atoms with E-state index in [1.54, 1.807) is 0 Å². The highest BCUT2D eigenvalue weighted by Gasteiger charge is 2.33. The van der Waals surface area contributed by atoms with E-state index in [1.165, 1.54) is 36.4 Å². The Hall–Kier alpha value is -2.21. The van der Waals surface area contributed by atoms with Crippen molar-refractivity contribution in [3.05, 3.63) is 58.6 Å². The molecule has 0 atom stereocenters. The van der Waals surface area contributed by atoms with Crippen molar-refractivity contribution in [2.75, 3.05) is 11.1 Å². The molecule has 0 heterocycles. The minimum atomic E-state index is -4.56. The van der Waals surface area contributed by atoms with E-state index in [0.717, 1.165) is 6.07 Å². The Kier molecular flexibility index (Phi) is 4.09. The van der Waals surface area contributed by atoms with Gasteiger partial charge in [-0.25, -0.2) is 0 Å². The Labute approximate surface area is 123 Å². The first-order valence-electron chi connectivity index (χ1n) is 5.81. The van der Waals surface area contributed by atoms with E-state index in [2.05, 4.69) is 5.32 Å². The molecule has 0 radical (unpaired) electrons. The molecule has 0 aromatic heterocycles. The second kappa shape index (κ2) is 5.65. The fourth-order valence-electron chi connectivity index (χ4n) is 1.74. The first-order chi connectivity index (χ1) is 9.79. The monoisotopic (exact) mass is 314 g/mol. The summed E-state index contributed by atoms with van der Waals surface area (Å²) in [4.78, 5) is 12.0. The highest BCUT2D eigenvalue weighted by molar-refractivity contribution is 6.34. The predicted octanol–water partition coefficient (Wildman–Crippen LogP) is 4.19. The van der Waals surface area contributed by atoms with Crippen molar-refractivity contribution >= 4 is 28.9 Å². The van der Waals surface area contributed by atoms with Gasteiger partial charge in [0.1, 0.15) is 0 Å². The molecule has 0 fully saturated rings. The van der Waals surface area contributed by atoms with Gasteiger partial charge in [-0.05, 0) is 30.3 Å². The third kappa shape index (κ3) is 3.46. The lowest BCUT2D eigenvalue weighted by Gasteiger charge is -2.14. The van der Waals surface area contributed by atoms with Crippen LogP contribution in [0.1, 0.15) is 15.9 Å². The Morgan fingerprint density at radius 1 is 1.14 bits per heavy atom. The number of halogens is 4. The van der Waals surface area contributed by atoms with Gasteiger partial charge in [0.15, 0.2) is 0 Å². The van der Waals surface area contributed by atoms with Crippen LogP contribution in [0, 0.1) is 0 Å². The highest BCUT2D eigenvalue weighted by atomic mass is 35.5. The second-order valence-corrected chi connectivity index (χ2v) is 4.64. The van der Waals surface area contributed by atoms with E-state index < -0.39 is 17.6 Å². The number of nitrogens with two attached hydrogens (primary N) is 1. The quantitative estimate of drug-likeness (QED) is 0.816. The smallest absolute Gasteiger partial charge is 0.399 e. The van der Waals surface area contributed by atoms with Gasteiger partial charge in [-0.3, -0.25) is 4.79 Å². The van der Waals surface area contributed by atoms with E-state index in [0.29, 0.717) is 5.69 Å². The summed E-state index contributed by atoms with van der Waals surface area (Å²) in [7, 11) is 0. The van der Waals surface area contributed by atoms with Gasteiger partial charge in [0.2, 0.25) is 0 Å². The van der Waals surface area contributed by atoms with Crippen molar-refractivity contribution in [2.45, 2.75) is 6.18 Å². The zero-order valence-corrected chi connectivity index (χ0v) is 11.3. The number of nitrogens with one attached hydrogen (secondary N) is 1. The van der Waals surface area contributed by atoms with Crippen molar-refractivity contribution in [3.63, 3.8) is 0 Å². The molecule has 21 heavy (non-hydrogen) atoms. The molecule has 3 nitrogen and oxygen atoms in total. The van der Waals surface area contributed by atoms with Crippen molar-refractivity contribution in [1.82, 2.24) is 0 Å². The van der Waals surface area contributed by atoms with Crippen LogP contribution in [0.3, 0.4) is 0 Å². The summed E-state index contributed by atoms with van der Waals surface area (Å²) in [5.41, 5.74) is 4.64. The molecule has 2 aromatic rings. The van der Waals surface area contributed by atoms with Crippen LogP contribution in [0.2, 0.25) is 5.02 Å². The Balaban J connectivity index is 2.32. The molecule has 2 aromatic carbocycles. The molecule has 0 aliphatic rings. The third-order valence-corrected chi connectivity index (χ3v) is 3.03. The van der Waals surface area contributed by atoms with Crippen LogP contribution in [-0.4, -0.2) is 5.91 Å². The maximum atomic E-state index is 12.8. The summed E-state index contributed by atoms with van der Waals surface area (Å²) in [6.07, 6.45) is -4.56. The summed E-state index contributed by atoms with van der Waals surface area (Å²) in [6.45, 7) is 0. The van der Waals surface area contributed by atoms with Crippen LogP contribution in [-0.2, 0) is 6.18 Å². The van der Waals surface area contributed by atoms with Gasteiger partial charge in [0.25, 0.3) is 5.91 Å². The molecule has 0 aliphatic heterocycles. The Morgan fingerprint density at radius 3 is 2.43 bits per heavy atom. The van der Waals surface area contributed by atoms with E-state index in [-0.39, 0.29) is 16.3 Å². The molecule has 2 rings (SSSR count). The van der Waals surface area contributed by atoms with E-state index in [9.17, 15) is 18.0 Å². The van der Waals surface area contributed by atoms with Gasteiger partial charge >= 0.3 is 6.18 Å². The van der Waals surface area contributed by atoms with Crippen molar-refractivity contribution in [1.29, 1.82) is 0 Å². The molecular formula is C14H10ClF3N2O. The third-order valence-electron chi connectivity index (χ3n) is 2.72. The topological polar surface area (TPSA) is 55.1 Å². The molecule has 0 spiro atoms. The molecule has 0 aliphatic carbocycles. The first kappa shape index (κ1) is 15.2. The lowest BCUT2D eigenvalue weighted by atomic mass is 10.1. The van der Waals surface area contributed by atoms with Crippen molar-refractivity contribution in [3.8, 4) is 0 Å². The van der Waals surface area contributed by atoms with Crippen LogP contribution in [0.15, 0.2) is 42.5 Å². The SMILES string of the molecule is Nc1ccc(C(=O)Nc2ccccc2C(F)(F)F)c(Cl)c1. The van der Waals surface area contributed by atoms with E-state index in [1.807, 2.05) is 0 Å². The molecule has 0 saturated heterocycles. The number of hydrogen-bond acceptors (Lipinski definition) is 2. The number of amides is 1. The number of nitrogen functional groups attached to an aromatic ring is 1. The van der Waals surface area contributed by atoms with Crippen LogP contribution in [0.4, 0.5) is 24.5 Å². The van der Waals surface area contributed by atoms with E-state index in [4.69, 9.17) is 17.3 Å². The lowest BCUT2D eigenvalue weighted by molar-refractivity contribution is -0.136. The Bertz CT molecular complexity index is 686. The number of benzene rings is 2. The first-order valence-corrected chi connectivity index (χ1v) is 6.19. The van der Waals surface area contributed by atoms with Gasteiger partial charge in [-0.2, -0.15) is 13.2 Å². The molecule has 3 N–H and O–H groups in total. The zero-order chi connectivity index (χ0) is 15.6. The molecule has 1 amide bonds. The van der Waals surface area contributed by atoms with Gasteiger partial charge in [0, 0.05) is 5.69 Å². The number of alkyl halides is 3. The highest BCUT2D eigenvalue weighted by Crippen LogP contribution is 2.35. The zero-order valence-electron chi connectivity index (χ0n) is 10.5. The van der Waals surface area contributed by atoms with Gasteiger partial charge in [-0.1, -0.05) is 23.7 Å². The fraction of sp³-hybridized carbons (Fsp3) is 0.0714. The summed E-state index contributed by atoms with van der Waals surface area (Å²) < 4.78 is 38.5. The summed E-state index contributed by atoms with van der Waals surface area (Å²) in [5.74, 6) is -0.739. The molecule has 0 unspecified atom stereocenters. The van der Waals surface area contributed by atoms with Crippen molar-refractivity contribution in [2.24, 2.45) is 0 Å². The van der Waals surface area contributed by atoms with Crippen LogP contribution >= 0.6 is 11.6 Å². The summed E-state index contributed by atoms with van der Waals surface area (Å²) >= 11 is 5.86. The second-order valence-electron chi connectivity index (χ2n) is 4.24. The number of carbonyl (C=O) groups excluding carboxylic acids is 1. The van der Waals surface area contributed by atoms with Crippen LogP contribution < -0.4 is 11.1 Å². The number of carbonyl (C=O) groups is 1. The molecule has 0 saturated carbocycles. The molecule has 110 valence electrons. The minimum absolute atomic E-state index is 0.0443. The molecular weight excluding hydrogens is 305 g/mol. The predicted molar refractivity (Wildman–Crippen MR) is 75.3 cm³/mol. The number of anilines is 2. The summed E-state index contributed by atoms with van der Waals surface area (Å²) in [6, 6.07) is 8.85. The molecule has 0 bridgehead atoms. The maximum Gasteiger partial charge on any atom is 0.418 e. The van der Waals surface area contributed by atoms with Crippen LogP contribution in [0.25, 0.3) is 0 Å². The lowest BCUT2D eigenvalue weighted by Crippen LogP contribution is -2.17. The maximum absolute atomic E-state index is 12.8. The van der Waals surface area contributed by atoms with Gasteiger partial charge in [0.05, 0.1) is 21.8 Å². The number of rotatable bonds is 2. The largest absolute Gasteiger partial charge is 0.418 e. The Morgan fingerprint density at radius 2 is 1.81 bits per heavy atom. The van der Waals surface area contributed by atoms with E-state index >= 15 is 0 Å². The average Bonchev–Trinajstić information content (AvgIpc) is 2.37. The van der Waals surface area contributed by atoms with Gasteiger partial charge < -0.3 is 11.1 Å². The van der Waals surface area contributed by atoms with Crippen molar-refractivity contribution < 1.29 is 18.0 Å². The molecule has 7 heteroatoms. The van der Waals surface area contributed by atoms with Gasteiger partial charge in [-0.15, -0.1) is 0 Å². The summed E-state index contributed by atoms with van der Waals surface area (Å²) in [5, 5.41) is 2.28. The normalized spacial score (nSPS) is 11.2. The number of hydrogen-bond donors (Lipinski definition) is 2. The standard InChI is InChI=1S/C14H10ClF3N2O/c15-11-7-8(19)5-6-9(11)13(21)20-12-4-2-1-3-10(12)14(16,17)18/h1-7H,19H2,(H,20,21). The van der Waals surface area contributed by atoms with Crippen LogP contribution in [0.5, 0.6) is 0 Å². The number of para-hydroxylation sites is 1. The minimum Gasteiger partial charge on any atom is -0.399 e. The fourth-order valence-corrected chi connectivity index (χ4v) is 2.02. The average molecular weight is 315 g/mol.